The van der Waals surface area contributed by atoms with Crippen molar-refractivity contribution in [2.75, 3.05) is 18.2 Å². The fourth-order valence-electron chi connectivity index (χ4n) is 1.92. The number of hydrogen-bond acceptors (Lipinski definition) is 3. The third-order valence-corrected chi connectivity index (χ3v) is 4.49. The molecule has 0 bridgehead atoms. The van der Waals surface area contributed by atoms with Crippen LogP contribution in [0.2, 0.25) is 0 Å². The molecule has 1 aromatic carbocycles. The molecule has 0 amide bonds. The molecule has 0 spiro atoms. The van der Waals surface area contributed by atoms with E-state index < -0.39 is 0 Å². The third kappa shape index (κ3) is 3.08. The lowest BCUT2D eigenvalue weighted by Crippen LogP contribution is -2.18. The van der Waals surface area contributed by atoms with Crippen LogP contribution >= 0.6 is 27.7 Å². The number of halogens is 1. The van der Waals surface area contributed by atoms with Gasteiger partial charge in [-0.15, -0.1) is 0 Å². The maximum absolute atomic E-state index is 5.25. The molecule has 2 unspecified atom stereocenters. The van der Waals surface area contributed by atoms with Gasteiger partial charge in [-0.3, -0.25) is 0 Å². The van der Waals surface area contributed by atoms with Crippen LogP contribution in [0.5, 0.6) is 5.75 Å². The number of thioether (sulfide) groups is 1. The van der Waals surface area contributed by atoms with Crippen LogP contribution < -0.4 is 10.1 Å². The van der Waals surface area contributed by atoms with Gasteiger partial charge in [-0.2, -0.15) is 11.8 Å². The largest absolute Gasteiger partial charge is 0.497 e. The maximum Gasteiger partial charge on any atom is 0.122 e. The van der Waals surface area contributed by atoms with Gasteiger partial charge in [0.1, 0.15) is 5.75 Å². The lowest BCUT2D eigenvalue weighted by molar-refractivity contribution is 0.414. The molecule has 0 aromatic heterocycles. The van der Waals surface area contributed by atoms with Crippen LogP contribution in [0, 0.1) is 0 Å². The predicted molar refractivity (Wildman–Crippen MR) is 74.6 cm³/mol. The molecule has 1 N–H and O–H groups in total. The Labute approximate surface area is 109 Å². The summed E-state index contributed by atoms with van der Waals surface area (Å²) < 4.78 is 6.30. The first-order chi connectivity index (χ1) is 7.67. The third-order valence-electron chi connectivity index (χ3n) is 2.68. The second kappa shape index (κ2) is 5.32. The topological polar surface area (TPSA) is 21.3 Å². The van der Waals surface area contributed by atoms with Crippen molar-refractivity contribution in [3.8, 4) is 5.75 Å². The van der Waals surface area contributed by atoms with Gasteiger partial charge >= 0.3 is 0 Å². The van der Waals surface area contributed by atoms with Gasteiger partial charge in [0.15, 0.2) is 0 Å². The fourth-order valence-corrected chi connectivity index (χ4v) is 3.54. The summed E-state index contributed by atoms with van der Waals surface area (Å²) in [5, 5.41) is 4.33. The second-order valence-electron chi connectivity index (χ2n) is 4.10. The highest BCUT2D eigenvalue weighted by Gasteiger charge is 2.21. The van der Waals surface area contributed by atoms with Crippen molar-refractivity contribution in [3.63, 3.8) is 0 Å². The summed E-state index contributed by atoms with van der Waals surface area (Å²) in [5.41, 5.74) is 1.13. The van der Waals surface area contributed by atoms with Gasteiger partial charge in [0, 0.05) is 33.3 Å². The predicted octanol–water partition coefficient (Wildman–Crippen LogP) is 3.76. The van der Waals surface area contributed by atoms with Crippen LogP contribution in [0.3, 0.4) is 0 Å². The van der Waals surface area contributed by atoms with Crippen LogP contribution in [0.4, 0.5) is 5.69 Å². The minimum Gasteiger partial charge on any atom is -0.497 e. The lowest BCUT2D eigenvalue weighted by atomic mass is 10.2. The van der Waals surface area contributed by atoms with Crippen molar-refractivity contribution in [1.82, 2.24) is 0 Å². The van der Waals surface area contributed by atoms with E-state index in [4.69, 9.17) is 4.74 Å². The van der Waals surface area contributed by atoms with Gasteiger partial charge in [0.25, 0.3) is 0 Å². The van der Waals surface area contributed by atoms with E-state index in [1.54, 1.807) is 7.11 Å². The molecule has 0 radical (unpaired) electrons. The summed E-state index contributed by atoms with van der Waals surface area (Å²) in [4.78, 5) is 0. The maximum atomic E-state index is 5.25. The Morgan fingerprint density at radius 3 is 2.88 bits per heavy atom. The number of methoxy groups -OCH3 is 1. The number of anilines is 1. The summed E-state index contributed by atoms with van der Waals surface area (Å²) in [5.74, 6) is 2.08. The molecule has 1 heterocycles. The van der Waals surface area contributed by atoms with E-state index in [9.17, 15) is 0 Å². The Balaban J connectivity index is 2.06. The Bertz CT molecular complexity index is 372. The summed E-state index contributed by atoms with van der Waals surface area (Å²) >= 11 is 5.52. The molecule has 4 heteroatoms. The highest BCUT2D eigenvalue weighted by molar-refractivity contribution is 9.10. The smallest absolute Gasteiger partial charge is 0.122 e. The van der Waals surface area contributed by atoms with E-state index >= 15 is 0 Å². The number of rotatable bonds is 3. The second-order valence-corrected chi connectivity index (χ2v) is 6.49. The molecule has 2 atom stereocenters. The van der Waals surface area contributed by atoms with Gasteiger partial charge in [-0.05, 0) is 18.6 Å². The highest BCUT2D eigenvalue weighted by atomic mass is 79.9. The summed E-state index contributed by atoms with van der Waals surface area (Å²) in [6.07, 6.45) is 1.24. The van der Waals surface area contributed by atoms with Crippen LogP contribution in [0.25, 0.3) is 0 Å². The first kappa shape index (κ1) is 12.1. The van der Waals surface area contributed by atoms with Gasteiger partial charge in [0.2, 0.25) is 0 Å². The number of benzene rings is 1. The zero-order valence-corrected chi connectivity index (χ0v) is 11.9. The molecule has 1 aliphatic heterocycles. The van der Waals surface area contributed by atoms with Crippen LogP contribution in [-0.4, -0.2) is 24.2 Å². The molecule has 2 rings (SSSR count). The van der Waals surface area contributed by atoms with E-state index in [1.807, 2.05) is 23.9 Å². The zero-order chi connectivity index (χ0) is 11.5. The van der Waals surface area contributed by atoms with E-state index in [1.165, 1.54) is 12.2 Å². The van der Waals surface area contributed by atoms with E-state index in [2.05, 4.69) is 34.2 Å². The van der Waals surface area contributed by atoms with Gasteiger partial charge in [-0.1, -0.05) is 22.9 Å². The summed E-state index contributed by atoms with van der Waals surface area (Å²) in [6.45, 7) is 2.29. The van der Waals surface area contributed by atoms with Crippen molar-refractivity contribution in [2.24, 2.45) is 0 Å². The molecule has 88 valence electrons. The van der Waals surface area contributed by atoms with Crippen molar-refractivity contribution < 1.29 is 4.74 Å². The minimum atomic E-state index is 0.582. The Kier molecular flexibility index (Phi) is 4.03. The SMILES string of the molecule is COc1cc(Br)cc(NC2CSC(C)C2)c1. The zero-order valence-electron chi connectivity index (χ0n) is 9.50. The molecule has 1 aromatic rings. The van der Waals surface area contributed by atoms with Crippen molar-refractivity contribution in [3.05, 3.63) is 22.7 Å². The van der Waals surface area contributed by atoms with Crippen molar-refractivity contribution in [2.45, 2.75) is 24.6 Å². The molecular weight excluding hydrogens is 286 g/mol. The number of ether oxygens (including phenoxy) is 1. The van der Waals surface area contributed by atoms with Crippen LogP contribution in [-0.2, 0) is 0 Å². The molecule has 1 fully saturated rings. The Hall–Kier alpha value is -0.350. The standard InChI is InChI=1S/C12H16BrNOS/c1-8-3-11(7-16-8)14-10-4-9(13)5-12(6-10)15-2/h4-6,8,11,14H,3,7H2,1-2H3. The molecule has 1 saturated heterocycles. The minimum absolute atomic E-state index is 0.582. The first-order valence-corrected chi connectivity index (χ1v) is 7.24. The molecule has 0 saturated carbocycles. The average Bonchev–Trinajstić information content (AvgIpc) is 2.63. The Morgan fingerprint density at radius 1 is 1.44 bits per heavy atom. The number of nitrogens with one attached hydrogen (secondary N) is 1. The van der Waals surface area contributed by atoms with Crippen molar-refractivity contribution in [1.29, 1.82) is 0 Å². The normalized spacial score (nSPS) is 24.4. The molecular formula is C12H16BrNOS. The average molecular weight is 302 g/mol. The van der Waals surface area contributed by atoms with Crippen LogP contribution in [0.1, 0.15) is 13.3 Å². The molecule has 16 heavy (non-hydrogen) atoms. The summed E-state index contributed by atoms with van der Waals surface area (Å²) in [6, 6.07) is 6.69. The van der Waals surface area contributed by atoms with E-state index in [-0.39, 0.29) is 0 Å². The fraction of sp³-hybridized carbons (Fsp3) is 0.500. The van der Waals surface area contributed by atoms with E-state index in [0.717, 1.165) is 21.2 Å². The van der Waals surface area contributed by atoms with E-state index in [0.29, 0.717) is 6.04 Å². The highest BCUT2D eigenvalue weighted by Crippen LogP contribution is 2.30. The monoisotopic (exact) mass is 301 g/mol. The molecule has 0 aliphatic carbocycles. The lowest BCUT2D eigenvalue weighted by Gasteiger charge is -2.14. The molecule has 1 aliphatic rings. The van der Waals surface area contributed by atoms with Gasteiger partial charge < -0.3 is 10.1 Å². The summed E-state index contributed by atoms with van der Waals surface area (Å²) in [7, 11) is 1.69. The quantitative estimate of drug-likeness (QED) is 0.918. The van der Waals surface area contributed by atoms with Gasteiger partial charge in [-0.25, -0.2) is 0 Å². The van der Waals surface area contributed by atoms with Gasteiger partial charge in [0.05, 0.1) is 7.11 Å². The first-order valence-electron chi connectivity index (χ1n) is 5.40. The van der Waals surface area contributed by atoms with Crippen molar-refractivity contribution >= 4 is 33.4 Å². The Morgan fingerprint density at radius 2 is 2.25 bits per heavy atom. The van der Waals surface area contributed by atoms with Crippen LogP contribution in [0.15, 0.2) is 22.7 Å². The number of hydrogen-bond donors (Lipinski definition) is 1. The molecule has 2 nitrogen and oxygen atoms in total.